The zero-order chi connectivity index (χ0) is 16.5. The molecule has 0 saturated heterocycles. The van der Waals surface area contributed by atoms with Crippen LogP contribution in [-0.2, 0) is 28.8 Å². The highest BCUT2D eigenvalue weighted by molar-refractivity contribution is 7.99. The Labute approximate surface area is 132 Å². The molecule has 1 N–H and O–H groups in total. The quantitative estimate of drug-likeness (QED) is 0.416. The van der Waals surface area contributed by atoms with E-state index >= 15 is 0 Å². The molecule has 0 aromatic rings. The van der Waals surface area contributed by atoms with Crippen molar-refractivity contribution >= 4 is 35.4 Å². The zero-order valence-corrected chi connectivity index (χ0v) is 13.3. The van der Waals surface area contributed by atoms with Crippen molar-refractivity contribution in [3.63, 3.8) is 0 Å². The van der Waals surface area contributed by atoms with Crippen LogP contribution in [0.2, 0.25) is 0 Å². The standard InChI is InChI=1S/C14H19NO6S/c1-9(16)15-21-14(19)5-6-22-8-12-11(3-4-13(12)18)7-20-10(2)17/h3-4,11-12H,5-8H2,1-2H3,(H,15,16)/t11-,12+/m0/s1. The van der Waals surface area contributed by atoms with Crippen molar-refractivity contribution in [2.24, 2.45) is 11.8 Å². The van der Waals surface area contributed by atoms with E-state index in [0.29, 0.717) is 11.5 Å². The van der Waals surface area contributed by atoms with E-state index in [1.807, 2.05) is 5.48 Å². The number of allylic oxidation sites excluding steroid dienone is 1. The third-order valence-electron chi connectivity index (χ3n) is 2.93. The summed E-state index contributed by atoms with van der Waals surface area (Å²) in [6.45, 7) is 2.75. The summed E-state index contributed by atoms with van der Waals surface area (Å²) in [4.78, 5) is 48.9. The van der Waals surface area contributed by atoms with E-state index in [9.17, 15) is 19.2 Å². The largest absolute Gasteiger partial charge is 0.465 e. The number of ketones is 1. The zero-order valence-electron chi connectivity index (χ0n) is 12.5. The molecule has 22 heavy (non-hydrogen) atoms. The Morgan fingerprint density at radius 3 is 2.68 bits per heavy atom. The average Bonchev–Trinajstić information content (AvgIpc) is 2.79. The van der Waals surface area contributed by atoms with Crippen LogP contribution >= 0.6 is 11.8 Å². The summed E-state index contributed by atoms with van der Waals surface area (Å²) in [5.74, 6) is -0.698. The molecule has 0 fully saturated rings. The maximum absolute atomic E-state index is 11.8. The van der Waals surface area contributed by atoms with Crippen molar-refractivity contribution in [2.75, 3.05) is 18.1 Å². The first kappa shape index (κ1) is 18.2. The van der Waals surface area contributed by atoms with Crippen molar-refractivity contribution in [3.8, 4) is 0 Å². The van der Waals surface area contributed by atoms with Gasteiger partial charge in [-0.3, -0.25) is 14.4 Å². The Kier molecular flexibility index (Phi) is 7.65. The summed E-state index contributed by atoms with van der Waals surface area (Å²) in [5, 5.41) is 0. The molecule has 0 aromatic heterocycles. The number of hydrogen-bond donors (Lipinski definition) is 1. The minimum atomic E-state index is -0.532. The van der Waals surface area contributed by atoms with Crippen LogP contribution in [0.4, 0.5) is 0 Å². The van der Waals surface area contributed by atoms with Gasteiger partial charge in [0.1, 0.15) is 0 Å². The second-order valence-electron chi connectivity index (χ2n) is 4.79. The number of carbonyl (C=O) groups is 4. The van der Waals surface area contributed by atoms with Crippen molar-refractivity contribution < 1.29 is 28.8 Å². The summed E-state index contributed by atoms with van der Waals surface area (Å²) in [5.41, 5.74) is 1.96. The highest BCUT2D eigenvalue weighted by Gasteiger charge is 2.30. The van der Waals surface area contributed by atoms with Crippen LogP contribution in [0, 0.1) is 11.8 Å². The van der Waals surface area contributed by atoms with Crippen LogP contribution in [0.25, 0.3) is 0 Å². The predicted molar refractivity (Wildman–Crippen MR) is 79.6 cm³/mol. The number of thioether (sulfide) groups is 1. The van der Waals surface area contributed by atoms with E-state index in [-0.39, 0.29) is 36.6 Å². The topological polar surface area (TPSA) is 98.8 Å². The highest BCUT2D eigenvalue weighted by atomic mass is 32.2. The molecule has 0 heterocycles. The van der Waals surface area contributed by atoms with Gasteiger partial charge in [0.05, 0.1) is 13.0 Å². The minimum absolute atomic E-state index is 0.00507. The number of esters is 1. The summed E-state index contributed by atoms with van der Waals surface area (Å²) < 4.78 is 4.94. The number of ether oxygens (including phenoxy) is 1. The third-order valence-corrected chi connectivity index (χ3v) is 4.01. The van der Waals surface area contributed by atoms with E-state index in [2.05, 4.69) is 4.84 Å². The van der Waals surface area contributed by atoms with Gasteiger partial charge in [-0.15, -0.1) is 0 Å². The van der Waals surface area contributed by atoms with Crippen molar-refractivity contribution in [2.45, 2.75) is 20.3 Å². The summed E-state index contributed by atoms with van der Waals surface area (Å²) in [6.07, 6.45) is 3.39. The molecule has 1 aliphatic rings. The molecule has 0 bridgehead atoms. The van der Waals surface area contributed by atoms with E-state index in [4.69, 9.17) is 4.74 Å². The Bertz CT molecular complexity index is 476. The van der Waals surface area contributed by atoms with Gasteiger partial charge >= 0.3 is 11.9 Å². The monoisotopic (exact) mass is 329 g/mol. The van der Waals surface area contributed by atoms with Crippen LogP contribution in [0.5, 0.6) is 0 Å². The fourth-order valence-corrected chi connectivity index (χ4v) is 2.97. The van der Waals surface area contributed by atoms with Crippen molar-refractivity contribution in [3.05, 3.63) is 12.2 Å². The molecule has 0 spiro atoms. The van der Waals surface area contributed by atoms with Gasteiger partial charge in [-0.05, 0) is 6.08 Å². The number of carbonyl (C=O) groups excluding carboxylic acids is 4. The lowest BCUT2D eigenvalue weighted by molar-refractivity contribution is -0.157. The van der Waals surface area contributed by atoms with Gasteiger partial charge < -0.3 is 9.57 Å². The van der Waals surface area contributed by atoms with Crippen molar-refractivity contribution in [1.82, 2.24) is 5.48 Å². The summed E-state index contributed by atoms with van der Waals surface area (Å²) in [7, 11) is 0. The van der Waals surface area contributed by atoms with Gasteiger partial charge in [0.25, 0.3) is 0 Å². The van der Waals surface area contributed by atoms with Gasteiger partial charge in [0.2, 0.25) is 5.91 Å². The second-order valence-corrected chi connectivity index (χ2v) is 5.94. The fourth-order valence-electron chi connectivity index (χ4n) is 1.82. The molecule has 0 aliphatic heterocycles. The molecule has 0 unspecified atom stereocenters. The lowest BCUT2D eigenvalue weighted by atomic mass is 9.98. The van der Waals surface area contributed by atoms with E-state index in [0.717, 1.165) is 0 Å². The lowest BCUT2D eigenvalue weighted by Crippen LogP contribution is -2.25. The van der Waals surface area contributed by atoms with Gasteiger partial charge in [-0.2, -0.15) is 17.2 Å². The normalized spacial score (nSPS) is 19.8. The summed E-state index contributed by atoms with van der Waals surface area (Å²) >= 11 is 1.44. The van der Waals surface area contributed by atoms with Crippen LogP contribution in [-0.4, -0.2) is 41.7 Å². The second kappa shape index (κ2) is 9.24. The Hall–Kier alpha value is -1.83. The number of nitrogens with one attached hydrogen (secondary N) is 1. The van der Waals surface area contributed by atoms with Crippen LogP contribution in [0.1, 0.15) is 20.3 Å². The molecule has 1 aliphatic carbocycles. The lowest BCUT2D eigenvalue weighted by Gasteiger charge is -2.17. The molecule has 0 radical (unpaired) electrons. The van der Waals surface area contributed by atoms with Gasteiger partial charge in [0, 0.05) is 37.2 Å². The van der Waals surface area contributed by atoms with Crippen LogP contribution < -0.4 is 5.48 Å². The number of rotatable bonds is 7. The molecule has 122 valence electrons. The first-order valence-electron chi connectivity index (χ1n) is 6.79. The fraction of sp³-hybridized carbons (Fsp3) is 0.571. The summed E-state index contributed by atoms with van der Waals surface area (Å²) in [6, 6.07) is 0. The maximum Gasteiger partial charge on any atom is 0.333 e. The molecule has 0 saturated carbocycles. The van der Waals surface area contributed by atoms with Crippen LogP contribution in [0.15, 0.2) is 12.2 Å². The van der Waals surface area contributed by atoms with Gasteiger partial charge in [-0.25, -0.2) is 4.79 Å². The molecule has 1 amide bonds. The number of hydroxylamine groups is 1. The van der Waals surface area contributed by atoms with Crippen LogP contribution in [0.3, 0.4) is 0 Å². The highest BCUT2D eigenvalue weighted by Crippen LogP contribution is 2.26. The molecule has 7 nitrogen and oxygen atoms in total. The molecular formula is C14H19NO6S. The van der Waals surface area contributed by atoms with Gasteiger partial charge in [0.15, 0.2) is 5.78 Å². The molecular weight excluding hydrogens is 310 g/mol. The first-order chi connectivity index (χ1) is 10.4. The van der Waals surface area contributed by atoms with Gasteiger partial charge in [-0.1, -0.05) is 6.08 Å². The number of amides is 1. The van der Waals surface area contributed by atoms with E-state index in [1.54, 1.807) is 6.08 Å². The predicted octanol–water partition coefficient (Wildman–Crippen LogP) is 0.638. The Morgan fingerprint density at radius 1 is 1.32 bits per heavy atom. The number of hydrogen-bond acceptors (Lipinski definition) is 7. The maximum atomic E-state index is 11.8. The van der Waals surface area contributed by atoms with E-state index in [1.165, 1.54) is 31.7 Å². The molecule has 1 rings (SSSR count). The van der Waals surface area contributed by atoms with E-state index < -0.39 is 11.9 Å². The third kappa shape index (κ3) is 6.75. The minimum Gasteiger partial charge on any atom is -0.465 e. The SMILES string of the molecule is CC(=O)NOC(=O)CCSC[C@H]1C(=O)C=C[C@H]1COC(C)=O. The Balaban J connectivity index is 2.24. The Morgan fingerprint density at radius 2 is 2.05 bits per heavy atom. The smallest absolute Gasteiger partial charge is 0.333 e. The molecule has 2 atom stereocenters. The van der Waals surface area contributed by atoms with Crippen molar-refractivity contribution in [1.29, 1.82) is 0 Å². The molecule has 0 aromatic carbocycles. The average molecular weight is 329 g/mol. The first-order valence-corrected chi connectivity index (χ1v) is 7.95. The molecule has 8 heteroatoms.